The molecule has 0 aromatic rings. The van der Waals surface area contributed by atoms with Crippen LogP contribution in [-0.2, 0) is 0 Å². The van der Waals surface area contributed by atoms with Gasteiger partial charge in [-0.15, -0.1) is 0 Å². The Morgan fingerprint density at radius 2 is 1.71 bits per heavy atom. The van der Waals surface area contributed by atoms with Gasteiger partial charge in [0.1, 0.15) is 0 Å². The molecule has 14 heavy (non-hydrogen) atoms. The van der Waals surface area contributed by atoms with Crippen molar-refractivity contribution in [2.24, 2.45) is 5.92 Å². The first-order chi connectivity index (χ1) is 6.28. The highest BCUT2D eigenvalue weighted by Crippen LogP contribution is 2.12. The van der Waals surface area contributed by atoms with Gasteiger partial charge in [-0.3, -0.25) is 0 Å². The normalized spacial score (nSPS) is 15.2. The molecule has 0 radical (unpaired) electrons. The van der Waals surface area contributed by atoms with Crippen LogP contribution in [0.4, 0.5) is 0 Å². The first kappa shape index (κ1) is 13.9. The Kier molecular flexibility index (Phi) is 5.68. The maximum absolute atomic E-state index is 3.34. The quantitative estimate of drug-likeness (QED) is 0.708. The smallest absolute Gasteiger partial charge is 0.0249 e. The van der Waals surface area contributed by atoms with E-state index in [1.165, 1.54) is 6.42 Å². The molecule has 0 aromatic heterocycles. The van der Waals surface area contributed by atoms with Gasteiger partial charge in [0.25, 0.3) is 0 Å². The molecule has 0 fully saturated rings. The van der Waals surface area contributed by atoms with Gasteiger partial charge in [0.2, 0.25) is 0 Å². The molecule has 2 nitrogen and oxygen atoms in total. The minimum Gasteiger partial charge on any atom is -0.314 e. The van der Waals surface area contributed by atoms with Crippen molar-refractivity contribution in [3.63, 3.8) is 0 Å². The minimum absolute atomic E-state index is 0.208. The second-order valence-corrected chi connectivity index (χ2v) is 5.53. The number of hydrogen-bond acceptors (Lipinski definition) is 2. The summed E-state index contributed by atoms with van der Waals surface area (Å²) in [6.07, 6.45) is 1.27. The van der Waals surface area contributed by atoms with Gasteiger partial charge in [-0.05, 0) is 47.2 Å². The van der Waals surface area contributed by atoms with Crippen LogP contribution in [0.5, 0.6) is 0 Å². The molecule has 1 unspecified atom stereocenters. The summed E-state index contributed by atoms with van der Waals surface area (Å²) in [6.45, 7) is 12.5. The topological polar surface area (TPSA) is 15.3 Å². The lowest BCUT2D eigenvalue weighted by Gasteiger charge is -2.34. The third-order valence-electron chi connectivity index (χ3n) is 2.89. The Morgan fingerprint density at radius 3 is 2.07 bits per heavy atom. The third-order valence-corrected chi connectivity index (χ3v) is 2.89. The second kappa shape index (κ2) is 5.72. The maximum Gasteiger partial charge on any atom is 0.0249 e. The lowest BCUT2D eigenvalue weighted by Crippen LogP contribution is -2.48. The van der Waals surface area contributed by atoms with Crippen molar-refractivity contribution >= 4 is 0 Å². The lowest BCUT2D eigenvalue weighted by atomic mass is 10.0. The molecule has 0 rings (SSSR count). The molecular weight excluding hydrogens is 172 g/mol. The average Bonchev–Trinajstić information content (AvgIpc) is 2.02. The molecule has 0 aliphatic rings. The molecular formula is C12H28N2. The Bertz CT molecular complexity index is 152. The molecule has 1 atom stereocenters. The van der Waals surface area contributed by atoms with E-state index in [2.05, 4.69) is 51.9 Å². The molecule has 2 heteroatoms. The van der Waals surface area contributed by atoms with Gasteiger partial charge < -0.3 is 10.2 Å². The monoisotopic (exact) mass is 200 g/mol. The van der Waals surface area contributed by atoms with Crippen LogP contribution in [0.25, 0.3) is 0 Å². The van der Waals surface area contributed by atoms with Crippen LogP contribution in [0, 0.1) is 5.92 Å². The summed E-state index contributed by atoms with van der Waals surface area (Å²) in [5.74, 6) is 0.783. The summed E-state index contributed by atoms with van der Waals surface area (Å²) in [6, 6.07) is 0.669. The van der Waals surface area contributed by atoms with Crippen LogP contribution < -0.4 is 5.32 Å². The summed E-state index contributed by atoms with van der Waals surface area (Å²) < 4.78 is 0. The predicted octanol–water partition coefficient (Wildman–Crippen LogP) is 2.35. The van der Waals surface area contributed by atoms with Crippen molar-refractivity contribution < 1.29 is 0 Å². The van der Waals surface area contributed by atoms with Gasteiger partial charge in [-0.1, -0.05) is 13.8 Å². The van der Waals surface area contributed by atoms with E-state index in [-0.39, 0.29) is 5.54 Å². The number of hydrogen-bond donors (Lipinski definition) is 1. The van der Waals surface area contributed by atoms with Crippen LogP contribution in [0.1, 0.15) is 41.0 Å². The molecule has 0 heterocycles. The van der Waals surface area contributed by atoms with Crippen LogP contribution >= 0.6 is 0 Å². The van der Waals surface area contributed by atoms with E-state index in [0.717, 1.165) is 12.5 Å². The van der Waals surface area contributed by atoms with E-state index < -0.39 is 0 Å². The van der Waals surface area contributed by atoms with Gasteiger partial charge >= 0.3 is 0 Å². The molecule has 1 N–H and O–H groups in total. The van der Waals surface area contributed by atoms with Crippen molar-refractivity contribution in [2.75, 3.05) is 20.6 Å². The van der Waals surface area contributed by atoms with E-state index in [1.54, 1.807) is 0 Å². The van der Waals surface area contributed by atoms with E-state index in [4.69, 9.17) is 0 Å². The average molecular weight is 200 g/mol. The van der Waals surface area contributed by atoms with Crippen LogP contribution in [0.2, 0.25) is 0 Å². The largest absolute Gasteiger partial charge is 0.314 e. The van der Waals surface area contributed by atoms with Gasteiger partial charge in [0.15, 0.2) is 0 Å². The van der Waals surface area contributed by atoms with Crippen molar-refractivity contribution in [3.05, 3.63) is 0 Å². The van der Waals surface area contributed by atoms with E-state index in [1.807, 2.05) is 7.05 Å². The van der Waals surface area contributed by atoms with Crippen molar-refractivity contribution in [2.45, 2.75) is 52.6 Å². The molecule has 0 aliphatic carbocycles. The first-order valence-corrected chi connectivity index (χ1v) is 5.67. The molecule has 0 amide bonds. The van der Waals surface area contributed by atoms with Gasteiger partial charge in [0.05, 0.1) is 0 Å². The fourth-order valence-electron chi connectivity index (χ4n) is 1.72. The predicted molar refractivity (Wildman–Crippen MR) is 64.7 cm³/mol. The van der Waals surface area contributed by atoms with Crippen LogP contribution in [0.3, 0.4) is 0 Å². The highest BCUT2D eigenvalue weighted by Gasteiger charge is 2.20. The number of rotatable bonds is 6. The molecule has 0 saturated carbocycles. The number of nitrogens with zero attached hydrogens (tertiary/aromatic N) is 1. The minimum atomic E-state index is 0.208. The Hall–Kier alpha value is -0.0800. The number of nitrogens with one attached hydrogen (secondary N) is 1. The highest BCUT2D eigenvalue weighted by molar-refractivity contribution is 4.81. The second-order valence-electron chi connectivity index (χ2n) is 5.53. The van der Waals surface area contributed by atoms with Crippen molar-refractivity contribution in [3.8, 4) is 0 Å². The Labute approximate surface area is 90.1 Å². The molecule has 86 valence electrons. The van der Waals surface area contributed by atoms with Gasteiger partial charge in [0, 0.05) is 18.1 Å². The molecule has 0 spiro atoms. The summed E-state index contributed by atoms with van der Waals surface area (Å²) in [5.41, 5.74) is 0.208. The van der Waals surface area contributed by atoms with E-state index in [9.17, 15) is 0 Å². The summed E-state index contributed by atoms with van der Waals surface area (Å²) >= 11 is 0. The third kappa shape index (κ3) is 5.61. The van der Waals surface area contributed by atoms with Gasteiger partial charge in [-0.2, -0.15) is 0 Å². The number of likely N-dealkylation sites (N-methyl/N-ethyl adjacent to an activating group) is 2. The Balaban J connectivity index is 4.00. The lowest BCUT2D eigenvalue weighted by molar-refractivity contribution is 0.178. The van der Waals surface area contributed by atoms with E-state index >= 15 is 0 Å². The van der Waals surface area contributed by atoms with E-state index in [0.29, 0.717) is 6.04 Å². The molecule has 0 saturated heterocycles. The Morgan fingerprint density at radius 1 is 1.21 bits per heavy atom. The van der Waals surface area contributed by atoms with Crippen LogP contribution in [0.15, 0.2) is 0 Å². The molecule has 0 aliphatic heterocycles. The zero-order chi connectivity index (χ0) is 11.4. The zero-order valence-electron chi connectivity index (χ0n) is 11.0. The van der Waals surface area contributed by atoms with Crippen LogP contribution in [-0.4, -0.2) is 37.1 Å². The standard InChI is InChI=1S/C12H28N2/c1-10(2)8-11(3)14(7)9-12(4,5)13-6/h10-11,13H,8-9H2,1-7H3. The fourth-order valence-corrected chi connectivity index (χ4v) is 1.72. The summed E-state index contributed by atoms with van der Waals surface area (Å²) in [7, 11) is 4.24. The molecule has 0 bridgehead atoms. The SMILES string of the molecule is CNC(C)(C)CN(C)C(C)CC(C)C. The first-order valence-electron chi connectivity index (χ1n) is 5.67. The van der Waals surface area contributed by atoms with Crippen molar-refractivity contribution in [1.82, 2.24) is 10.2 Å². The summed E-state index contributed by atoms with van der Waals surface area (Å²) in [4.78, 5) is 2.44. The summed E-state index contributed by atoms with van der Waals surface area (Å²) in [5, 5.41) is 3.34. The maximum atomic E-state index is 3.34. The zero-order valence-corrected chi connectivity index (χ0v) is 11.0. The van der Waals surface area contributed by atoms with Crippen molar-refractivity contribution in [1.29, 1.82) is 0 Å². The fraction of sp³-hybridized carbons (Fsp3) is 1.00. The highest BCUT2D eigenvalue weighted by atomic mass is 15.2. The van der Waals surface area contributed by atoms with Gasteiger partial charge in [-0.25, -0.2) is 0 Å². The molecule has 0 aromatic carbocycles.